The maximum absolute atomic E-state index is 14.5. The highest BCUT2D eigenvalue weighted by Crippen LogP contribution is 2.27. The number of halogens is 2. The number of anilines is 5. The maximum atomic E-state index is 14.5. The van der Waals surface area contributed by atoms with Gasteiger partial charge in [0.05, 0.1) is 33.9 Å². The molecule has 11 nitrogen and oxygen atoms in total. The zero-order valence-electron chi connectivity index (χ0n) is 23.0. The normalized spacial score (nSPS) is 12.1. The fourth-order valence-corrected chi connectivity index (χ4v) is 4.77. The highest BCUT2D eigenvalue weighted by molar-refractivity contribution is 7.92. The van der Waals surface area contributed by atoms with E-state index in [-0.39, 0.29) is 39.0 Å². The summed E-state index contributed by atoms with van der Waals surface area (Å²) in [5.74, 6) is -1.75. The topological polar surface area (TPSA) is 169 Å². The second-order valence-electron chi connectivity index (χ2n) is 9.86. The van der Waals surface area contributed by atoms with Gasteiger partial charge in [-0.15, -0.1) is 0 Å². The molecule has 5 N–H and O–H groups in total. The number of carbonyl (C=O) groups excluding carboxylic acids is 1. The highest BCUT2D eigenvalue weighted by Gasteiger charge is 2.27. The molecule has 0 aliphatic rings. The number of para-hydroxylation sites is 1. The number of nitrogens with one attached hydrogen (secondary N) is 4. The van der Waals surface area contributed by atoms with Crippen LogP contribution in [0.4, 0.5) is 37.5 Å². The van der Waals surface area contributed by atoms with Crippen molar-refractivity contribution in [3.05, 3.63) is 96.1 Å². The summed E-state index contributed by atoms with van der Waals surface area (Å²) < 4.78 is 57.3. The number of nitrogens with zero attached hydrogens (tertiary/aromatic N) is 3. The highest BCUT2D eigenvalue weighted by atomic mass is 32.2. The van der Waals surface area contributed by atoms with Crippen LogP contribution in [0.3, 0.4) is 0 Å². The zero-order valence-corrected chi connectivity index (χ0v) is 23.8. The quantitative estimate of drug-likeness (QED) is 0.163. The molecule has 2 aromatic carbocycles. The molecule has 0 unspecified atom stereocenters. The van der Waals surface area contributed by atoms with Crippen LogP contribution in [0.25, 0.3) is 0 Å². The SMILES string of the molecule is CC(C)(O)[C@H](F)CNC(=O)c1cnc(Nc2ncc(C#N)cc2F)cc1Nc1cccc(S(=O)(=O)Nc2ccccc2)c1. The van der Waals surface area contributed by atoms with Crippen LogP contribution < -0.4 is 20.7 Å². The van der Waals surface area contributed by atoms with Crippen molar-refractivity contribution in [3.8, 4) is 6.07 Å². The average Bonchev–Trinajstić information content (AvgIpc) is 2.97. The number of benzene rings is 2. The van der Waals surface area contributed by atoms with E-state index in [2.05, 4.69) is 30.6 Å². The van der Waals surface area contributed by atoms with Gasteiger partial charge in [-0.25, -0.2) is 27.2 Å². The summed E-state index contributed by atoms with van der Waals surface area (Å²) in [6.45, 7) is 2.03. The van der Waals surface area contributed by atoms with Gasteiger partial charge in [0.25, 0.3) is 15.9 Å². The average molecular weight is 608 g/mol. The largest absolute Gasteiger partial charge is 0.387 e. The Balaban J connectivity index is 1.65. The van der Waals surface area contributed by atoms with Gasteiger partial charge in [0.1, 0.15) is 18.1 Å². The molecule has 2 aromatic heterocycles. The van der Waals surface area contributed by atoms with Crippen molar-refractivity contribution in [1.29, 1.82) is 5.26 Å². The smallest absolute Gasteiger partial charge is 0.261 e. The first-order valence-electron chi connectivity index (χ1n) is 12.8. The van der Waals surface area contributed by atoms with Crippen molar-refractivity contribution in [1.82, 2.24) is 15.3 Å². The van der Waals surface area contributed by atoms with E-state index in [1.54, 1.807) is 42.5 Å². The minimum Gasteiger partial charge on any atom is -0.387 e. The number of rotatable bonds is 11. The molecule has 1 amide bonds. The first-order valence-corrected chi connectivity index (χ1v) is 14.3. The van der Waals surface area contributed by atoms with Crippen molar-refractivity contribution in [2.75, 3.05) is 21.9 Å². The lowest BCUT2D eigenvalue weighted by Gasteiger charge is -2.22. The third-order valence-corrected chi connectivity index (χ3v) is 7.40. The Labute approximate surface area is 246 Å². The molecule has 1 atom stereocenters. The van der Waals surface area contributed by atoms with Gasteiger partial charge < -0.3 is 21.1 Å². The molecule has 0 aliphatic carbocycles. The van der Waals surface area contributed by atoms with Crippen LogP contribution in [0.15, 0.2) is 84.0 Å². The third kappa shape index (κ3) is 8.00. The molecule has 0 radical (unpaired) electrons. The molecule has 0 spiro atoms. The minimum atomic E-state index is -3.98. The first-order chi connectivity index (χ1) is 20.4. The molecule has 4 rings (SSSR count). The number of nitriles is 1. The zero-order chi connectivity index (χ0) is 31.2. The number of carbonyl (C=O) groups is 1. The van der Waals surface area contributed by atoms with E-state index in [1.165, 1.54) is 38.1 Å². The lowest BCUT2D eigenvalue weighted by Crippen LogP contribution is -2.42. The summed E-state index contributed by atoms with van der Waals surface area (Å²) in [4.78, 5) is 21.0. The van der Waals surface area contributed by atoms with Gasteiger partial charge in [0.15, 0.2) is 11.6 Å². The van der Waals surface area contributed by atoms with Crippen molar-refractivity contribution in [3.63, 3.8) is 0 Å². The number of alkyl halides is 1. The molecule has 14 heteroatoms. The number of sulfonamides is 1. The maximum Gasteiger partial charge on any atom is 0.261 e. The number of aliphatic hydroxyl groups is 1. The predicted octanol–water partition coefficient (Wildman–Crippen LogP) is 4.61. The van der Waals surface area contributed by atoms with E-state index in [4.69, 9.17) is 5.26 Å². The Kier molecular flexibility index (Phi) is 9.18. The second-order valence-corrected chi connectivity index (χ2v) is 11.5. The van der Waals surface area contributed by atoms with Gasteiger partial charge >= 0.3 is 0 Å². The number of aromatic nitrogens is 2. The number of pyridine rings is 2. The van der Waals surface area contributed by atoms with Crippen LogP contribution in [0.2, 0.25) is 0 Å². The van der Waals surface area contributed by atoms with Crippen LogP contribution in [0.5, 0.6) is 0 Å². The molecule has 0 saturated heterocycles. The fourth-order valence-electron chi connectivity index (χ4n) is 3.66. The molecule has 4 aromatic rings. The number of hydrogen-bond donors (Lipinski definition) is 5. The van der Waals surface area contributed by atoms with Crippen molar-refractivity contribution in [2.24, 2.45) is 0 Å². The van der Waals surface area contributed by atoms with Gasteiger partial charge in [-0.3, -0.25) is 9.52 Å². The molecule has 43 heavy (non-hydrogen) atoms. The van der Waals surface area contributed by atoms with Gasteiger partial charge in [-0.05, 0) is 50.2 Å². The molecule has 222 valence electrons. The van der Waals surface area contributed by atoms with E-state index in [0.717, 1.165) is 18.5 Å². The Morgan fingerprint density at radius 2 is 1.74 bits per heavy atom. The lowest BCUT2D eigenvalue weighted by molar-refractivity contribution is -0.00177. The molecule has 0 bridgehead atoms. The van der Waals surface area contributed by atoms with E-state index < -0.39 is 40.1 Å². The van der Waals surface area contributed by atoms with Crippen molar-refractivity contribution >= 4 is 44.6 Å². The third-order valence-electron chi connectivity index (χ3n) is 6.02. The van der Waals surface area contributed by atoms with Gasteiger partial charge in [-0.2, -0.15) is 5.26 Å². The Morgan fingerprint density at radius 3 is 2.42 bits per heavy atom. The summed E-state index contributed by atoms with van der Waals surface area (Å²) >= 11 is 0. The molecule has 2 heterocycles. The summed E-state index contributed by atoms with van der Waals surface area (Å²) in [7, 11) is -3.98. The lowest BCUT2D eigenvalue weighted by atomic mass is 10.0. The fraction of sp³-hybridized carbons (Fsp3) is 0.172. The molecule has 0 fully saturated rings. The Morgan fingerprint density at radius 1 is 1.02 bits per heavy atom. The van der Waals surface area contributed by atoms with Gasteiger partial charge in [-0.1, -0.05) is 24.3 Å². The van der Waals surface area contributed by atoms with E-state index in [0.29, 0.717) is 5.69 Å². The Hall–Kier alpha value is -5.13. The van der Waals surface area contributed by atoms with Crippen LogP contribution in [0.1, 0.15) is 29.8 Å². The summed E-state index contributed by atoms with van der Waals surface area (Å²) in [5, 5.41) is 26.9. The first kappa shape index (κ1) is 30.8. The summed E-state index contributed by atoms with van der Waals surface area (Å²) in [6.07, 6.45) is 0.542. The van der Waals surface area contributed by atoms with E-state index in [9.17, 15) is 27.1 Å². The van der Waals surface area contributed by atoms with Crippen LogP contribution in [0, 0.1) is 17.1 Å². The number of amides is 1. The molecule has 0 aliphatic heterocycles. The minimum absolute atomic E-state index is 0.0131. The molecular formula is C29H27F2N7O4S. The van der Waals surface area contributed by atoms with E-state index >= 15 is 0 Å². The van der Waals surface area contributed by atoms with Crippen LogP contribution in [-0.4, -0.2) is 47.7 Å². The van der Waals surface area contributed by atoms with Crippen LogP contribution in [-0.2, 0) is 10.0 Å². The standard InChI is InChI=1S/C29H27F2N7O4S/c1-29(2,40)25(31)17-35-28(39)22-16-33-26(37-27-23(30)11-18(14-32)15-34-27)13-24(22)36-20-9-6-10-21(12-20)43(41,42)38-19-7-4-3-5-8-19/h3-13,15-16,25,38,40H,17H2,1-2H3,(H,35,39)(H2,33,34,36,37)/t25-/m1/s1. The van der Waals surface area contributed by atoms with Crippen LogP contribution >= 0.6 is 0 Å². The summed E-state index contributed by atoms with van der Waals surface area (Å²) in [6, 6.07) is 18.2. The van der Waals surface area contributed by atoms with Gasteiger partial charge in [0, 0.05) is 29.8 Å². The predicted molar refractivity (Wildman–Crippen MR) is 157 cm³/mol. The van der Waals surface area contributed by atoms with Gasteiger partial charge in [0.2, 0.25) is 0 Å². The van der Waals surface area contributed by atoms with E-state index in [1.807, 2.05) is 0 Å². The second kappa shape index (κ2) is 12.8. The van der Waals surface area contributed by atoms with Crippen molar-refractivity contribution < 1.29 is 27.1 Å². The summed E-state index contributed by atoms with van der Waals surface area (Å²) in [5.41, 5.74) is -1.00. The number of hydrogen-bond acceptors (Lipinski definition) is 9. The molecule has 0 saturated carbocycles. The Bertz CT molecular complexity index is 1780. The monoisotopic (exact) mass is 607 g/mol. The molecular weight excluding hydrogens is 580 g/mol. The van der Waals surface area contributed by atoms with Crippen molar-refractivity contribution in [2.45, 2.75) is 30.5 Å².